The number of rotatable bonds is 4. The molecule has 0 radical (unpaired) electrons. The van der Waals surface area contributed by atoms with E-state index in [4.69, 9.17) is 4.42 Å². The molecule has 1 fully saturated rings. The van der Waals surface area contributed by atoms with E-state index in [0.29, 0.717) is 11.0 Å². The van der Waals surface area contributed by atoms with Crippen molar-refractivity contribution in [1.82, 2.24) is 24.6 Å². The Morgan fingerprint density at radius 1 is 1.13 bits per heavy atom. The number of halogens is 5. The van der Waals surface area contributed by atoms with Crippen LogP contribution in [0.4, 0.5) is 22.0 Å². The second-order valence-electron chi connectivity index (χ2n) is 7.45. The Morgan fingerprint density at radius 2 is 1.90 bits per heavy atom. The van der Waals surface area contributed by atoms with Gasteiger partial charge in [-0.2, -0.15) is 22.0 Å². The number of pyridine rings is 2. The maximum absolute atomic E-state index is 14.3. The van der Waals surface area contributed by atoms with Gasteiger partial charge in [-0.1, -0.05) is 13.0 Å². The molecule has 0 bridgehead atoms. The van der Waals surface area contributed by atoms with Crippen LogP contribution in [-0.4, -0.2) is 30.7 Å². The molecule has 5 rings (SSSR count). The maximum atomic E-state index is 14.3. The van der Waals surface area contributed by atoms with Crippen LogP contribution >= 0.6 is 0 Å². The Kier molecular flexibility index (Phi) is 4.15. The fourth-order valence-electron chi connectivity index (χ4n) is 3.67. The first-order valence-corrected chi connectivity index (χ1v) is 9.40. The number of alkyl halides is 5. The molecule has 1 aliphatic carbocycles. The van der Waals surface area contributed by atoms with Gasteiger partial charge in [0.2, 0.25) is 6.39 Å². The number of nitrogens with zero attached hydrogens (tertiary/aromatic N) is 5. The summed E-state index contributed by atoms with van der Waals surface area (Å²) >= 11 is 0. The van der Waals surface area contributed by atoms with Crippen LogP contribution in [0.5, 0.6) is 0 Å². The molecule has 0 atom stereocenters. The van der Waals surface area contributed by atoms with Crippen LogP contribution in [0.2, 0.25) is 0 Å². The molecule has 0 amide bonds. The van der Waals surface area contributed by atoms with Crippen molar-refractivity contribution in [2.24, 2.45) is 5.92 Å². The number of allylic oxidation sites excluding steroid dienone is 1. The zero-order chi connectivity index (χ0) is 22.0. The molecule has 4 heterocycles. The Bertz CT molecular complexity index is 1310. The number of aromatic nitrogens is 5. The highest BCUT2D eigenvalue weighted by atomic mass is 19.4. The molecule has 0 unspecified atom stereocenters. The first-order chi connectivity index (χ1) is 14.7. The minimum absolute atomic E-state index is 0.0328. The van der Waals surface area contributed by atoms with Crippen molar-refractivity contribution in [1.29, 1.82) is 0 Å². The third kappa shape index (κ3) is 2.98. The first kappa shape index (κ1) is 19.6. The molecule has 160 valence electrons. The van der Waals surface area contributed by atoms with Gasteiger partial charge >= 0.3 is 12.1 Å². The summed E-state index contributed by atoms with van der Waals surface area (Å²) in [7, 11) is 0. The average Bonchev–Trinajstić information content (AvgIpc) is 3.34. The second kappa shape index (κ2) is 6.56. The molecule has 4 aromatic rings. The summed E-state index contributed by atoms with van der Waals surface area (Å²) < 4.78 is 74.4. The summed E-state index contributed by atoms with van der Waals surface area (Å²) in [5.74, 6) is -5.02. The number of fused-ring (bicyclic) bond motifs is 3. The van der Waals surface area contributed by atoms with Gasteiger partial charge in [0, 0.05) is 11.6 Å². The lowest BCUT2D eigenvalue weighted by Gasteiger charge is -2.29. The van der Waals surface area contributed by atoms with Gasteiger partial charge in [-0.25, -0.2) is 9.97 Å². The van der Waals surface area contributed by atoms with Crippen molar-refractivity contribution in [3.05, 3.63) is 48.6 Å². The van der Waals surface area contributed by atoms with Gasteiger partial charge in [-0.15, -0.1) is 10.2 Å². The van der Waals surface area contributed by atoms with Crippen molar-refractivity contribution < 1.29 is 26.4 Å². The largest absolute Gasteiger partial charge is 0.459 e. The normalized spacial score (nSPS) is 15.5. The summed E-state index contributed by atoms with van der Waals surface area (Å²) in [5.41, 5.74) is -0.214. The monoisotopic (exact) mass is 435 g/mol. The van der Waals surface area contributed by atoms with Crippen molar-refractivity contribution in [2.45, 2.75) is 31.4 Å². The third-order valence-electron chi connectivity index (χ3n) is 5.60. The molecule has 0 aliphatic heterocycles. The number of hydrogen-bond acceptors (Lipinski definition) is 5. The van der Waals surface area contributed by atoms with E-state index in [-0.39, 0.29) is 34.4 Å². The van der Waals surface area contributed by atoms with E-state index in [1.54, 1.807) is 12.1 Å². The summed E-state index contributed by atoms with van der Waals surface area (Å²) in [6.45, 7) is 4.00. The minimum atomic E-state index is -5.79. The van der Waals surface area contributed by atoms with E-state index in [1.165, 1.54) is 10.6 Å². The molecule has 4 aromatic heterocycles. The molecule has 31 heavy (non-hydrogen) atoms. The van der Waals surface area contributed by atoms with Gasteiger partial charge in [0.1, 0.15) is 22.7 Å². The van der Waals surface area contributed by atoms with E-state index in [9.17, 15) is 22.0 Å². The van der Waals surface area contributed by atoms with Crippen LogP contribution in [-0.2, 0) is 5.92 Å². The van der Waals surface area contributed by atoms with Gasteiger partial charge in [0.25, 0.3) is 5.89 Å². The molecule has 0 saturated heterocycles. The molecular formula is C20H14F5N5O. The molecule has 0 N–H and O–H groups in total. The Hall–Kier alpha value is -3.37. The minimum Gasteiger partial charge on any atom is -0.422 e. The fraction of sp³-hybridized carbons (Fsp3) is 0.300. The van der Waals surface area contributed by atoms with Gasteiger partial charge in [-0.05, 0) is 48.1 Å². The van der Waals surface area contributed by atoms with Crippen molar-refractivity contribution in [3.8, 4) is 11.6 Å². The first-order valence-electron chi connectivity index (χ1n) is 9.40. The average molecular weight is 435 g/mol. The highest BCUT2D eigenvalue weighted by Gasteiger charge is 2.60. The van der Waals surface area contributed by atoms with Crippen molar-refractivity contribution in [2.75, 3.05) is 0 Å². The van der Waals surface area contributed by atoms with Crippen molar-refractivity contribution in [3.63, 3.8) is 0 Å². The van der Waals surface area contributed by atoms with Crippen molar-refractivity contribution >= 4 is 22.3 Å². The lowest BCUT2D eigenvalue weighted by Crippen LogP contribution is -2.34. The van der Waals surface area contributed by atoms with E-state index in [1.807, 2.05) is 0 Å². The van der Waals surface area contributed by atoms with Crippen LogP contribution in [0.3, 0.4) is 0 Å². The number of hydrogen-bond donors (Lipinski definition) is 0. The molecule has 11 heteroatoms. The van der Waals surface area contributed by atoms with Gasteiger partial charge in [0.15, 0.2) is 0 Å². The summed E-state index contributed by atoms with van der Waals surface area (Å²) in [5, 5.41) is 7.71. The SMILES string of the molecule is C=C(c1cc(C(F)(F)C(F)(F)F)nc2c1ccc1nc(-c3nnco3)cn12)C1CCC1. The molecule has 0 spiro atoms. The third-order valence-corrected chi connectivity index (χ3v) is 5.60. The van der Waals surface area contributed by atoms with Gasteiger partial charge in [0.05, 0.1) is 0 Å². The topological polar surface area (TPSA) is 69.1 Å². The predicted octanol–water partition coefficient (Wildman–Crippen LogP) is 5.40. The lowest BCUT2D eigenvalue weighted by atomic mass is 9.77. The Labute approximate surface area is 171 Å². The smallest absolute Gasteiger partial charge is 0.422 e. The standard InChI is InChI=1S/C20H14F5N5O/c1-10(11-3-2-4-11)13-7-15(19(21,22)20(23,24)25)28-17-12(13)5-6-16-27-14(8-30(16)17)18-29-26-9-31-18/h5-9,11H,1-4H2. The van der Waals surface area contributed by atoms with Crippen LogP contribution in [0, 0.1) is 5.92 Å². The van der Waals surface area contributed by atoms with Crippen LogP contribution < -0.4 is 0 Å². The molecule has 1 aliphatic rings. The second-order valence-corrected chi connectivity index (χ2v) is 7.45. The lowest BCUT2D eigenvalue weighted by molar-refractivity contribution is -0.290. The summed E-state index contributed by atoms with van der Waals surface area (Å²) in [6, 6.07) is 4.01. The van der Waals surface area contributed by atoms with E-state index in [0.717, 1.165) is 31.7 Å². The van der Waals surface area contributed by atoms with Gasteiger partial charge in [-0.3, -0.25) is 4.40 Å². The number of imidazole rings is 1. The van der Waals surface area contributed by atoms with Crippen LogP contribution in [0.15, 0.2) is 41.8 Å². The summed E-state index contributed by atoms with van der Waals surface area (Å²) in [6.07, 6.45) is -0.718. The molecule has 6 nitrogen and oxygen atoms in total. The highest BCUT2D eigenvalue weighted by molar-refractivity contribution is 5.92. The quantitative estimate of drug-likeness (QED) is 0.402. The zero-order valence-electron chi connectivity index (χ0n) is 15.8. The maximum Gasteiger partial charge on any atom is 0.459 e. The highest BCUT2D eigenvalue weighted by Crippen LogP contribution is 2.46. The van der Waals surface area contributed by atoms with Crippen LogP contribution in [0.25, 0.3) is 33.8 Å². The zero-order valence-corrected chi connectivity index (χ0v) is 15.8. The van der Waals surface area contributed by atoms with E-state index in [2.05, 4.69) is 26.7 Å². The Morgan fingerprint density at radius 3 is 2.52 bits per heavy atom. The molecule has 0 aromatic carbocycles. The predicted molar refractivity (Wildman–Crippen MR) is 100 cm³/mol. The van der Waals surface area contributed by atoms with Gasteiger partial charge < -0.3 is 4.42 Å². The van der Waals surface area contributed by atoms with E-state index < -0.39 is 17.8 Å². The van der Waals surface area contributed by atoms with Crippen LogP contribution in [0.1, 0.15) is 30.5 Å². The molecular weight excluding hydrogens is 421 g/mol. The summed E-state index contributed by atoms with van der Waals surface area (Å²) in [4.78, 5) is 8.01. The Balaban J connectivity index is 1.80. The molecule has 1 saturated carbocycles. The fourth-order valence-corrected chi connectivity index (χ4v) is 3.67. The van der Waals surface area contributed by atoms with E-state index >= 15 is 0 Å².